The molecule has 0 aliphatic rings. The molecule has 0 aliphatic carbocycles. The van der Waals surface area contributed by atoms with Crippen molar-refractivity contribution in [2.75, 3.05) is 5.75 Å². The van der Waals surface area contributed by atoms with Gasteiger partial charge in [-0.1, -0.05) is 24.6 Å². The maximum Gasteiger partial charge on any atom is 0.141 e. The topological polar surface area (TPSA) is 35.2 Å². The molecule has 0 heterocycles. The average Bonchev–Trinajstić information content (AvgIpc) is 2.42. The van der Waals surface area contributed by atoms with Crippen LogP contribution in [0.2, 0.25) is 5.02 Å². The van der Waals surface area contributed by atoms with Gasteiger partial charge in [-0.05, 0) is 52.0 Å². The van der Waals surface area contributed by atoms with E-state index in [9.17, 15) is 0 Å². The van der Waals surface area contributed by atoms with E-state index in [-0.39, 0.29) is 0 Å². The summed E-state index contributed by atoms with van der Waals surface area (Å²) >= 11 is 11.2. The van der Waals surface area contributed by atoms with Gasteiger partial charge in [-0.15, -0.1) is 11.8 Å². The van der Waals surface area contributed by atoms with Crippen molar-refractivity contribution in [3.63, 3.8) is 0 Å². The molecule has 0 saturated carbocycles. The Kier molecular flexibility index (Phi) is 5.78. The molecule has 0 aliphatic heterocycles. The van der Waals surface area contributed by atoms with Gasteiger partial charge in [-0.25, -0.2) is 0 Å². The summed E-state index contributed by atoms with van der Waals surface area (Å²) in [5, 5.41) is 0.665. The molecule has 0 radical (unpaired) electrons. The molecule has 0 bridgehead atoms. The van der Waals surface area contributed by atoms with E-state index >= 15 is 0 Å². The molecular weight excluding hydrogens is 358 g/mol. The van der Waals surface area contributed by atoms with Crippen LogP contribution in [0.25, 0.3) is 0 Å². The minimum Gasteiger partial charge on any atom is -0.456 e. The van der Waals surface area contributed by atoms with Crippen molar-refractivity contribution in [2.45, 2.75) is 18.4 Å². The lowest BCUT2D eigenvalue weighted by molar-refractivity contribution is 0.471. The highest BCUT2D eigenvalue weighted by molar-refractivity contribution is 9.10. The van der Waals surface area contributed by atoms with Crippen LogP contribution in [-0.4, -0.2) is 5.75 Å². The second kappa shape index (κ2) is 7.36. The summed E-state index contributed by atoms with van der Waals surface area (Å²) in [5.74, 6) is 2.51. The molecule has 0 amide bonds. The molecule has 0 aromatic heterocycles. The number of benzene rings is 2. The predicted octanol–water partition coefficient (Wildman–Crippen LogP) is 5.47. The lowest BCUT2D eigenvalue weighted by Gasteiger charge is -2.14. The monoisotopic (exact) mass is 371 g/mol. The van der Waals surface area contributed by atoms with Crippen molar-refractivity contribution in [3.8, 4) is 11.5 Å². The predicted molar refractivity (Wildman–Crippen MR) is 90.0 cm³/mol. The Hall–Kier alpha value is -0.680. The van der Waals surface area contributed by atoms with Crippen molar-refractivity contribution in [1.29, 1.82) is 0 Å². The lowest BCUT2D eigenvalue weighted by atomic mass is 10.2. The van der Waals surface area contributed by atoms with E-state index < -0.39 is 0 Å². The average molecular weight is 373 g/mol. The fraction of sp³-hybridized carbons (Fsp3) is 0.200. The molecule has 2 aromatic rings. The van der Waals surface area contributed by atoms with E-state index in [4.69, 9.17) is 22.1 Å². The summed E-state index contributed by atoms with van der Waals surface area (Å²) in [6, 6.07) is 11.4. The number of hydrogen-bond donors (Lipinski definition) is 1. The first-order valence-corrected chi connectivity index (χ1v) is 8.39. The van der Waals surface area contributed by atoms with Crippen molar-refractivity contribution < 1.29 is 4.74 Å². The number of ether oxygens (including phenoxy) is 1. The molecule has 5 heteroatoms. The van der Waals surface area contributed by atoms with Gasteiger partial charge in [0.05, 0.1) is 4.47 Å². The maximum atomic E-state index is 5.97. The molecule has 2 aromatic carbocycles. The molecule has 2 N–H and O–H groups in total. The van der Waals surface area contributed by atoms with Crippen LogP contribution in [0.1, 0.15) is 12.5 Å². The van der Waals surface area contributed by atoms with Gasteiger partial charge in [0.15, 0.2) is 0 Å². The standard InChI is InChI=1S/C15H15BrClNOS/c1-2-20-15-5-3-4-13(11(15)9-18)19-14-7-6-10(17)8-12(14)16/h3-8H,2,9,18H2,1H3. The molecule has 0 spiro atoms. The zero-order chi connectivity index (χ0) is 14.5. The second-order valence-corrected chi connectivity index (χ2v) is 6.64. The minimum atomic E-state index is 0.448. The quantitative estimate of drug-likeness (QED) is 0.707. The molecule has 0 unspecified atom stereocenters. The van der Waals surface area contributed by atoms with Crippen LogP contribution in [0.3, 0.4) is 0 Å². The molecule has 106 valence electrons. The summed E-state index contributed by atoms with van der Waals surface area (Å²) in [6.45, 7) is 2.57. The highest BCUT2D eigenvalue weighted by Crippen LogP contribution is 2.36. The van der Waals surface area contributed by atoms with Crippen molar-refractivity contribution >= 4 is 39.3 Å². The maximum absolute atomic E-state index is 5.97. The van der Waals surface area contributed by atoms with Crippen LogP contribution in [0.5, 0.6) is 11.5 Å². The van der Waals surface area contributed by atoms with Gasteiger partial charge >= 0.3 is 0 Å². The number of thioether (sulfide) groups is 1. The van der Waals surface area contributed by atoms with Gasteiger partial charge in [-0.2, -0.15) is 0 Å². The van der Waals surface area contributed by atoms with E-state index in [1.165, 1.54) is 0 Å². The van der Waals surface area contributed by atoms with Crippen LogP contribution < -0.4 is 10.5 Å². The van der Waals surface area contributed by atoms with E-state index in [1.54, 1.807) is 17.8 Å². The van der Waals surface area contributed by atoms with E-state index in [2.05, 4.69) is 28.9 Å². The Morgan fingerprint density at radius 3 is 2.70 bits per heavy atom. The second-order valence-electron chi connectivity index (χ2n) is 4.05. The van der Waals surface area contributed by atoms with Gasteiger partial charge in [0.1, 0.15) is 11.5 Å². The third kappa shape index (κ3) is 3.70. The molecule has 2 nitrogen and oxygen atoms in total. The fourth-order valence-electron chi connectivity index (χ4n) is 1.81. The molecule has 2 rings (SSSR count). The summed E-state index contributed by atoms with van der Waals surface area (Å²) in [7, 11) is 0. The molecule has 0 fully saturated rings. The zero-order valence-electron chi connectivity index (χ0n) is 11.0. The number of rotatable bonds is 5. The van der Waals surface area contributed by atoms with E-state index in [0.717, 1.165) is 32.2 Å². The van der Waals surface area contributed by atoms with Crippen molar-refractivity contribution in [2.24, 2.45) is 5.73 Å². The summed E-state index contributed by atoms with van der Waals surface area (Å²) in [4.78, 5) is 1.16. The van der Waals surface area contributed by atoms with Gasteiger partial charge < -0.3 is 10.5 Å². The molecule has 0 saturated heterocycles. The van der Waals surface area contributed by atoms with Crippen LogP contribution in [0.4, 0.5) is 0 Å². The van der Waals surface area contributed by atoms with Gasteiger partial charge in [-0.3, -0.25) is 0 Å². The number of hydrogen-bond acceptors (Lipinski definition) is 3. The Bertz CT molecular complexity index is 606. The smallest absolute Gasteiger partial charge is 0.141 e. The Morgan fingerprint density at radius 1 is 1.25 bits per heavy atom. The first-order chi connectivity index (χ1) is 9.65. The SMILES string of the molecule is CCSc1cccc(Oc2ccc(Cl)cc2Br)c1CN. The van der Waals surface area contributed by atoms with Gasteiger partial charge in [0.2, 0.25) is 0 Å². The van der Waals surface area contributed by atoms with Gasteiger partial charge in [0, 0.05) is 22.0 Å². The summed E-state index contributed by atoms with van der Waals surface area (Å²) in [5.41, 5.74) is 6.90. The lowest BCUT2D eigenvalue weighted by Crippen LogP contribution is -2.02. The molecule has 0 atom stereocenters. The molecule has 20 heavy (non-hydrogen) atoms. The first-order valence-electron chi connectivity index (χ1n) is 6.23. The van der Waals surface area contributed by atoms with Crippen molar-refractivity contribution in [1.82, 2.24) is 0 Å². The van der Waals surface area contributed by atoms with Crippen LogP contribution >= 0.6 is 39.3 Å². The Labute approximate surface area is 136 Å². The Balaban J connectivity index is 2.35. The first kappa shape index (κ1) is 15.7. The van der Waals surface area contributed by atoms with E-state index in [0.29, 0.717) is 11.6 Å². The third-order valence-electron chi connectivity index (χ3n) is 2.71. The van der Waals surface area contributed by atoms with Crippen molar-refractivity contribution in [3.05, 3.63) is 51.5 Å². The third-order valence-corrected chi connectivity index (χ3v) is 4.54. The largest absolute Gasteiger partial charge is 0.456 e. The zero-order valence-corrected chi connectivity index (χ0v) is 14.2. The normalized spacial score (nSPS) is 10.6. The Morgan fingerprint density at radius 2 is 2.05 bits per heavy atom. The summed E-state index contributed by atoms with van der Waals surface area (Å²) < 4.78 is 6.80. The van der Waals surface area contributed by atoms with Crippen LogP contribution in [0, 0.1) is 0 Å². The van der Waals surface area contributed by atoms with Crippen LogP contribution in [0.15, 0.2) is 45.8 Å². The van der Waals surface area contributed by atoms with Crippen LogP contribution in [-0.2, 0) is 6.54 Å². The number of nitrogens with two attached hydrogens (primary N) is 1. The molecular formula is C15H15BrClNOS. The number of halogens is 2. The summed E-state index contributed by atoms with van der Waals surface area (Å²) in [6.07, 6.45) is 0. The van der Waals surface area contributed by atoms with E-state index in [1.807, 2.05) is 24.3 Å². The van der Waals surface area contributed by atoms with Gasteiger partial charge in [0.25, 0.3) is 0 Å². The highest BCUT2D eigenvalue weighted by Gasteiger charge is 2.11. The fourth-order valence-corrected chi connectivity index (χ4v) is 3.42. The minimum absolute atomic E-state index is 0.448. The highest BCUT2D eigenvalue weighted by atomic mass is 79.9.